The summed E-state index contributed by atoms with van der Waals surface area (Å²) in [7, 11) is 1.79. The van der Waals surface area contributed by atoms with Crippen LogP contribution in [0, 0.1) is 6.92 Å². The van der Waals surface area contributed by atoms with Crippen LogP contribution in [0.3, 0.4) is 0 Å². The van der Waals surface area contributed by atoms with Crippen LogP contribution < -0.4 is 10.6 Å². The lowest BCUT2D eigenvalue weighted by atomic mass is 9.90. The summed E-state index contributed by atoms with van der Waals surface area (Å²) in [5.74, 6) is 0.511. The van der Waals surface area contributed by atoms with E-state index in [1.165, 1.54) is 11.3 Å². The van der Waals surface area contributed by atoms with Gasteiger partial charge in [-0.2, -0.15) is 0 Å². The first-order valence-electron chi connectivity index (χ1n) is 6.73. The molecule has 2 aromatic rings. The van der Waals surface area contributed by atoms with Crippen LogP contribution in [0.15, 0.2) is 18.3 Å². The van der Waals surface area contributed by atoms with E-state index in [1.807, 2.05) is 13.0 Å². The summed E-state index contributed by atoms with van der Waals surface area (Å²) in [6, 6.07) is 3.57. The number of hydrogen-bond donors (Lipinski definition) is 2. The number of anilines is 2. The number of carbonyl (C=O) groups is 1. The van der Waals surface area contributed by atoms with Crippen LogP contribution in [-0.2, 0) is 5.41 Å². The summed E-state index contributed by atoms with van der Waals surface area (Å²) < 4.78 is 0. The van der Waals surface area contributed by atoms with E-state index < -0.39 is 0 Å². The van der Waals surface area contributed by atoms with Gasteiger partial charge >= 0.3 is 0 Å². The van der Waals surface area contributed by atoms with Crippen molar-refractivity contribution in [2.24, 2.45) is 0 Å². The van der Waals surface area contributed by atoms with E-state index in [2.05, 4.69) is 41.4 Å². The maximum Gasteiger partial charge on any atom is 0.257 e. The second kappa shape index (κ2) is 5.81. The molecule has 0 bridgehead atoms. The number of aromatic nitrogens is 2. The Morgan fingerprint density at radius 3 is 2.52 bits per heavy atom. The summed E-state index contributed by atoms with van der Waals surface area (Å²) in [6.45, 7) is 8.17. The van der Waals surface area contributed by atoms with Gasteiger partial charge in [-0.1, -0.05) is 20.8 Å². The SMILES string of the molecule is CNc1cc(C(=O)Nc2ncc(C)s2)cc(C(C)(C)C)n1. The van der Waals surface area contributed by atoms with Crippen molar-refractivity contribution in [3.8, 4) is 0 Å². The van der Waals surface area contributed by atoms with Crippen molar-refractivity contribution < 1.29 is 4.79 Å². The van der Waals surface area contributed by atoms with Crippen LogP contribution in [0.1, 0.15) is 41.7 Å². The predicted molar refractivity (Wildman–Crippen MR) is 87.3 cm³/mol. The molecule has 5 nitrogen and oxygen atoms in total. The maximum atomic E-state index is 12.4. The highest BCUT2D eigenvalue weighted by atomic mass is 32.1. The van der Waals surface area contributed by atoms with Crippen molar-refractivity contribution in [2.45, 2.75) is 33.1 Å². The first-order chi connectivity index (χ1) is 9.79. The molecular formula is C15H20N4OS. The molecule has 2 aromatic heterocycles. The summed E-state index contributed by atoms with van der Waals surface area (Å²) >= 11 is 1.46. The number of aryl methyl sites for hydroxylation is 1. The van der Waals surface area contributed by atoms with Crippen LogP contribution in [0.2, 0.25) is 0 Å². The van der Waals surface area contributed by atoms with Gasteiger partial charge in [0.1, 0.15) is 5.82 Å². The molecule has 0 unspecified atom stereocenters. The molecule has 0 saturated heterocycles. The Kier molecular flexibility index (Phi) is 4.27. The third kappa shape index (κ3) is 3.78. The average molecular weight is 304 g/mol. The Bertz CT molecular complexity index is 658. The topological polar surface area (TPSA) is 66.9 Å². The van der Waals surface area contributed by atoms with Crippen LogP contribution in [0.25, 0.3) is 0 Å². The fraction of sp³-hybridized carbons (Fsp3) is 0.400. The molecule has 0 spiro atoms. The van der Waals surface area contributed by atoms with Gasteiger partial charge in [-0.25, -0.2) is 9.97 Å². The first kappa shape index (κ1) is 15.4. The number of pyridine rings is 1. The normalized spacial score (nSPS) is 11.3. The number of amides is 1. The van der Waals surface area contributed by atoms with Crippen molar-refractivity contribution in [2.75, 3.05) is 17.7 Å². The number of thiazole rings is 1. The molecule has 0 aliphatic rings. The molecule has 0 aliphatic carbocycles. The van der Waals surface area contributed by atoms with E-state index in [-0.39, 0.29) is 11.3 Å². The van der Waals surface area contributed by atoms with Gasteiger partial charge in [0.05, 0.1) is 0 Å². The Balaban J connectivity index is 2.31. The van der Waals surface area contributed by atoms with E-state index in [0.717, 1.165) is 10.6 Å². The Morgan fingerprint density at radius 1 is 1.29 bits per heavy atom. The van der Waals surface area contributed by atoms with Crippen LogP contribution in [0.4, 0.5) is 10.9 Å². The molecule has 0 fully saturated rings. The fourth-order valence-electron chi connectivity index (χ4n) is 1.76. The van der Waals surface area contributed by atoms with E-state index in [4.69, 9.17) is 0 Å². The second-order valence-electron chi connectivity index (χ2n) is 5.86. The summed E-state index contributed by atoms with van der Waals surface area (Å²) in [4.78, 5) is 22.1. The van der Waals surface area contributed by atoms with E-state index >= 15 is 0 Å². The fourth-order valence-corrected chi connectivity index (χ4v) is 2.42. The largest absolute Gasteiger partial charge is 0.373 e. The lowest BCUT2D eigenvalue weighted by molar-refractivity contribution is 0.102. The van der Waals surface area contributed by atoms with Gasteiger partial charge in [-0.15, -0.1) is 11.3 Å². The second-order valence-corrected chi connectivity index (χ2v) is 7.09. The zero-order valence-electron chi connectivity index (χ0n) is 12.9. The van der Waals surface area contributed by atoms with Gasteiger partial charge in [0, 0.05) is 34.8 Å². The zero-order chi connectivity index (χ0) is 15.6. The third-order valence-electron chi connectivity index (χ3n) is 2.95. The molecule has 2 N–H and O–H groups in total. The quantitative estimate of drug-likeness (QED) is 0.911. The van der Waals surface area contributed by atoms with Crippen LogP contribution in [0.5, 0.6) is 0 Å². The standard InChI is InChI=1S/C15H20N4OS/c1-9-8-17-14(21-9)19-13(20)10-6-11(15(2,3)4)18-12(7-10)16-5/h6-8H,1-5H3,(H,16,18)(H,17,19,20). The number of nitrogens with one attached hydrogen (secondary N) is 2. The molecular weight excluding hydrogens is 284 g/mol. The molecule has 2 heterocycles. The third-order valence-corrected chi connectivity index (χ3v) is 3.78. The summed E-state index contributed by atoms with van der Waals surface area (Å²) in [5, 5.41) is 6.43. The monoisotopic (exact) mass is 304 g/mol. The van der Waals surface area contributed by atoms with Gasteiger partial charge in [0.25, 0.3) is 5.91 Å². The minimum absolute atomic E-state index is 0.125. The maximum absolute atomic E-state index is 12.4. The van der Waals surface area contributed by atoms with Crippen molar-refractivity contribution >= 4 is 28.2 Å². The highest BCUT2D eigenvalue weighted by Gasteiger charge is 2.19. The van der Waals surface area contributed by atoms with Gasteiger partial charge in [-0.3, -0.25) is 10.1 Å². The highest BCUT2D eigenvalue weighted by Crippen LogP contribution is 2.24. The molecule has 0 radical (unpaired) electrons. The number of rotatable bonds is 3. The van der Waals surface area contributed by atoms with E-state index in [0.29, 0.717) is 16.5 Å². The van der Waals surface area contributed by atoms with E-state index in [1.54, 1.807) is 19.3 Å². The average Bonchev–Trinajstić information content (AvgIpc) is 2.82. The Hall–Kier alpha value is -1.95. The molecule has 112 valence electrons. The minimum Gasteiger partial charge on any atom is -0.373 e. The lowest BCUT2D eigenvalue weighted by Crippen LogP contribution is -2.18. The van der Waals surface area contributed by atoms with E-state index in [9.17, 15) is 4.79 Å². The molecule has 0 saturated carbocycles. The molecule has 0 aromatic carbocycles. The highest BCUT2D eigenvalue weighted by molar-refractivity contribution is 7.15. The van der Waals surface area contributed by atoms with Gasteiger partial charge in [-0.05, 0) is 19.1 Å². The Labute approximate surface area is 128 Å². The molecule has 21 heavy (non-hydrogen) atoms. The molecule has 1 amide bonds. The van der Waals surface area contributed by atoms with Crippen LogP contribution >= 0.6 is 11.3 Å². The van der Waals surface area contributed by atoms with Gasteiger partial charge < -0.3 is 5.32 Å². The number of carbonyl (C=O) groups excluding carboxylic acids is 1. The molecule has 0 aliphatic heterocycles. The number of nitrogens with zero attached hydrogens (tertiary/aromatic N) is 2. The van der Waals surface area contributed by atoms with Crippen LogP contribution in [-0.4, -0.2) is 22.9 Å². The van der Waals surface area contributed by atoms with Crippen molar-refractivity contribution in [1.29, 1.82) is 0 Å². The summed E-state index contributed by atoms with van der Waals surface area (Å²) in [5.41, 5.74) is 1.32. The molecule has 6 heteroatoms. The van der Waals surface area contributed by atoms with Crippen molar-refractivity contribution in [3.63, 3.8) is 0 Å². The smallest absolute Gasteiger partial charge is 0.257 e. The molecule has 0 atom stereocenters. The molecule has 2 rings (SSSR count). The minimum atomic E-state index is -0.172. The van der Waals surface area contributed by atoms with Crippen molar-refractivity contribution in [3.05, 3.63) is 34.5 Å². The van der Waals surface area contributed by atoms with Gasteiger partial charge in [0.15, 0.2) is 5.13 Å². The Morgan fingerprint density at radius 2 is 2.00 bits per heavy atom. The van der Waals surface area contributed by atoms with Crippen molar-refractivity contribution in [1.82, 2.24) is 9.97 Å². The van der Waals surface area contributed by atoms with Gasteiger partial charge in [0.2, 0.25) is 0 Å². The summed E-state index contributed by atoms with van der Waals surface area (Å²) in [6.07, 6.45) is 1.74. The predicted octanol–water partition coefficient (Wildman–Crippen LogP) is 3.44. The zero-order valence-corrected chi connectivity index (χ0v) is 13.8. The first-order valence-corrected chi connectivity index (χ1v) is 7.55. The lowest BCUT2D eigenvalue weighted by Gasteiger charge is -2.19. The number of hydrogen-bond acceptors (Lipinski definition) is 5.